The number of amides is 2. The summed E-state index contributed by atoms with van der Waals surface area (Å²) in [6, 6.07) is 5.29. The summed E-state index contributed by atoms with van der Waals surface area (Å²) in [4.78, 5) is 20.8. The van der Waals surface area contributed by atoms with E-state index in [0.717, 1.165) is 16.8 Å². The number of aromatic nitrogens is 1. The number of allylic oxidation sites excluding steroid dienone is 2. The molecule has 2 atom stereocenters. The van der Waals surface area contributed by atoms with Gasteiger partial charge in [0.15, 0.2) is 11.7 Å². The minimum Gasteiger partial charge on any atom is -0.496 e. The number of ether oxygens (including phenoxy) is 1. The fourth-order valence-electron chi connectivity index (χ4n) is 4.18. The smallest absolute Gasteiger partial charge is 0.318 e. The molecule has 1 aliphatic carbocycles. The Morgan fingerprint density at radius 3 is 2.88 bits per heavy atom. The van der Waals surface area contributed by atoms with E-state index in [4.69, 9.17) is 32.4 Å². The predicted octanol–water partition coefficient (Wildman–Crippen LogP) is 3.91. The molecule has 1 aromatic heterocycles. The number of hydrogen-bond acceptors (Lipinski definition) is 6. The summed E-state index contributed by atoms with van der Waals surface area (Å²) < 4.78 is 11.2. The van der Waals surface area contributed by atoms with E-state index in [1.807, 2.05) is 24.3 Å². The lowest BCUT2D eigenvalue weighted by Crippen LogP contribution is -2.59. The summed E-state index contributed by atoms with van der Waals surface area (Å²) >= 11 is 12.2. The first-order valence-corrected chi connectivity index (χ1v) is 11.9. The van der Waals surface area contributed by atoms with Gasteiger partial charge in [0.05, 0.1) is 36.9 Å². The number of anilines is 1. The van der Waals surface area contributed by atoms with Crippen LogP contribution in [-0.2, 0) is 0 Å². The Balaban J connectivity index is 1.40. The van der Waals surface area contributed by atoms with E-state index in [2.05, 4.69) is 15.2 Å². The molecule has 2 heterocycles. The number of halogens is 2. The van der Waals surface area contributed by atoms with Crippen LogP contribution in [0, 0.1) is 6.92 Å². The first-order valence-electron chi connectivity index (χ1n) is 11.1. The van der Waals surface area contributed by atoms with Gasteiger partial charge < -0.3 is 29.4 Å². The van der Waals surface area contributed by atoms with Crippen molar-refractivity contribution in [3.8, 4) is 17.1 Å². The number of carbonyl (C=O) groups excluding carboxylic acids is 1. The number of oxazole rings is 1. The third-order valence-corrected chi connectivity index (χ3v) is 6.94. The fourth-order valence-corrected chi connectivity index (χ4v) is 4.56. The summed E-state index contributed by atoms with van der Waals surface area (Å²) in [6.07, 6.45) is 6.08. The highest BCUT2D eigenvalue weighted by Gasteiger charge is 2.30. The number of urea groups is 1. The van der Waals surface area contributed by atoms with Crippen molar-refractivity contribution in [2.24, 2.45) is 0 Å². The van der Waals surface area contributed by atoms with Gasteiger partial charge in [0.2, 0.25) is 0 Å². The molecule has 0 saturated carbocycles. The molecule has 1 fully saturated rings. The van der Waals surface area contributed by atoms with E-state index < -0.39 is 0 Å². The maximum atomic E-state index is 12.8. The number of hydrogen-bond donors (Lipinski definition) is 2. The summed E-state index contributed by atoms with van der Waals surface area (Å²) in [5.74, 6) is 1.89. The summed E-state index contributed by atoms with van der Waals surface area (Å²) in [7, 11) is 1.61. The molecule has 2 amide bonds. The van der Waals surface area contributed by atoms with E-state index in [1.165, 1.54) is 0 Å². The second kappa shape index (κ2) is 10.7. The minimum absolute atomic E-state index is 0.140. The number of aryl methyl sites for hydroxylation is 1. The number of alkyl halides is 1. The number of nitrogens with one attached hydrogen (secondary N) is 1. The normalized spacial score (nSPS) is 20.6. The molecule has 1 saturated heterocycles. The molecule has 0 spiro atoms. The van der Waals surface area contributed by atoms with Crippen molar-refractivity contribution in [3.63, 3.8) is 0 Å². The standard InChI is InChI=1S/C24H28Cl2N4O4/c1-15-27-12-23(34-15)19-5-4-17(10-22(19)33-2)29-7-8-30(18(13-29)14-31)24(32)28-11-16-3-6-20(25)21(26)9-16/h3-5,9-10,12,18,20,31H,6-8,11,13-14H2,1-2H3,(H,28,32). The van der Waals surface area contributed by atoms with Gasteiger partial charge in [-0.2, -0.15) is 0 Å². The molecule has 8 nitrogen and oxygen atoms in total. The second-order valence-corrected chi connectivity index (χ2v) is 9.24. The van der Waals surface area contributed by atoms with Crippen molar-refractivity contribution in [2.75, 3.05) is 44.8 Å². The minimum atomic E-state index is -0.344. The quantitative estimate of drug-likeness (QED) is 0.577. The molecule has 1 aliphatic heterocycles. The Labute approximate surface area is 208 Å². The SMILES string of the molecule is COc1cc(N2CCN(C(=O)NCC3=CCC(Cl)C(Cl)=C3)C(CO)C2)ccc1-c1cnc(C)o1. The lowest BCUT2D eigenvalue weighted by molar-refractivity contribution is 0.125. The van der Waals surface area contributed by atoms with Crippen molar-refractivity contribution in [3.05, 3.63) is 53.0 Å². The van der Waals surface area contributed by atoms with E-state index in [1.54, 1.807) is 31.2 Å². The van der Waals surface area contributed by atoms with Gasteiger partial charge >= 0.3 is 6.03 Å². The van der Waals surface area contributed by atoms with Gasteiger partial charge in [0, 0.05) is 49.9 Å². The van der Waals surface area contributed by atoms with Gasteiger partial charge in [0.1, 0.15) is 5.75 Å². The van der Waals surface area contributed by atoms with Crippen molar-refractivity contribution in [2.45, 2.75) is 24.8 Å². The van der Waals surface area contributed by atoms with Crippen LogP contribution in [0.15, 0.2) is 51.6 Å². The number of piperazine rings is 1. The predicted molar refractivity (Wildman–Crippen MR) is 133 cm³/mol. The highest BCUT2D eigenvalue weighted by atomic mass is 35.5. The van der Waals surface area contributed by atoms with Gasteiger partial charge in [-0.1, -0.05) is 17.7 Å². The lowest BCUT2D eigenvalue weighted by Gasteiger charge is -2.41. The van der Waals surface area contributed by atoms with Gasteiger partial charge in [-0.05, 0) is 30.2 Å². The number of methoxy groups -OCH3 is 1. The zero-order valence-corrected chi connectivity index (χ0v) is 20.6. The van der Waals surface area contributed by atoms with Crippen LogP contribution in [0.2, 0.25) is 0 Å². The monoisotopic (exact) mass is 506 g/mol. The fraction of sp³-hybridized carbons (Fsp3) is 0.417. The van der Waals surface area contributed by atoms with E-state index in [0.29, 0.717) is 55.0 Å². The Morgan fingerprint density at radius 2 is 2.21 bits per heavy atom. The van der Waals surface area contributed by atoms with E-state index >= 15 is 0 Å². The topological polar surface area (TPSA) is 91.1 Å². The molecule has 0 bridgehead atoms. The van der Waals surface area contributed by atoms with Crippen LogP contribution in [0.3, 0.4) is 0 Å². The summed E-state index contributed by atoms with van der Waals surface area (Å²) in [6.45, 7) is 3.60. The average Bonchev–Trinajstić information content (AvgIpc) is 3.29. The number of nitrogens with zero attached hydrogens (tertiary/aromatic N) is 3. The number of rotatable bonds is 6. The molecule has 2 N–H and O–H groups in total. The van der Waals surface area contributed by atoms with Crippen molar-refractivity contribution in [1.82, 2.24) is 15.2 Å². The van der Waals surface area contributed by atoms with E-state index in [-0.39, 0.29) is 24.1 Å². The maximum Gasteiger partial charge on any atom is 0.318 e. The van der Waals surface area contributed by atoms with Gasteiger partial charge in [0.25, 0.3) is 0 Å². The zero-order valence-electron chi connectivity index (χ0n) is 19.1. The first kappa shape index (κ1) is 24.4. The summed E-state index contributed by atoms with van der Waals surface area (Å²) in [5, 5.41) is 13.3. The highest BCUT2D eigenvalue weighted by molar-refractivity contribution is 6.37. The van der Waals surface area contributed by atoms with Crippen molar-refractivity contribution in [1.29, 1.82) is 0 Å². The molecule has 10 heteroatoms. The van der Waals surface area contributed by atoms with Crippen molar-refractivity contribution < 1.29 is 19.1 Å². The summed E-state index contributed by atoms with van der Waals surface area (Å²) in [5.41, 5.74) is 2.68. The second-order valence-electron chi connectivity index (χ2n) is 8.27. The number of aliphatic hydroxyl groups is 1. The molecule has 182 valence electrons. The van der Waals surface area contributed by atoms with Crippen LogP contribution in [0.4, 0.5) is 10.5 Å². The van der Waals surface area contributed by atoms with Crippen LogP contribution in [0.5, 0.6) is 5.75 Å². The third-order valence-electron chi connectivity index (χ3n) is 6.04. The maximum absolute atomic E-state index is 12.8. The Morgan fingerprint density at radius 1 is 1.38 bits per heavy atom. The average molecular weight is 507 g/mol. The third kappa shape index (κ3) is 5.35. The van der Waals surface area contributed by atoms with Crippen LogP contribution in [-0.4, -0.2) is 72.3 Å². The molecule has 2 aromatic rings. The number of benzene rings is 1. The highest BCUT2D eigenvalue weighted by Crippen LogP contribution is 2.34. The van der Waals surface area contributed by atoms with Crippen LogP contribution >= 0.6 is 23.2 Å². The molecular formula is C24H28Cl2N4O4. The lowest BCUT2D eigenvalue weighted by atomic mass is 10.1. The zero-order chi connectivity index (χ0) is 24.2. The number of aliphatic hydroxyl groups excluding tert-OH is 1. The molecular weight excluding hydrogens is 479 g/mol. The molecule has 34 heavy (non-hydrogen) atoms. The Hall–Kier alpha value is -2.68. The van der Waals surface area contributed by atoms with Crippen molar-refractivity contribution >= 4 is 34.9 Å². The van der Waals surface area contributed by atoms with Crippen LogP contribution in [0.1, 0.15) is 12.3 Å². The van der Waals surface area contributed by atoms with Crippen LogP contribution < -0.4 is 15.0 Å². The van der Waals surface area contributed by atoms with Crippen LogP contribution in [0.25, 0.3) is 11.3 Å². The number of carbonyl (C=O) groups is 1. The largest absolute Gasteiger partial charge is 0.496 e. The first-order chi connectivity index (χ1) is 16.4. The molecule has 1 aromatic carbocycles. The van der Waals surface area contributed by atoms with Gasteiger partial charge in [-0.3, -0.25) is 0 Å². The Bertz CT molecular complexity index is 1100. The van der Waals surface area contributed by atoms with E-state index in [9.17, 15) is 9.90 Å². The Kier molecular flexibility index (Phi) is 7.70. The molecule has 4 rings (SSSR count). The molecule has 2 unspecified atom stereocenters. The van der Waals surface area contributed by atoms with Gasteiger partial charge in [-0.25, -0.2) is 9.78 Å². The molecule has 2 aliphatic rings. The molecule has 0 radical (unpaired) electrons. The van der Waals surface area contributed by atoms with Gasteiger partial charge in [-0.15, -0.1) is 11.6 Å².